The average Bonchev–Trinajstić information content (AvgIpc) is 2.70. The molecule has 28 heavy (non-hydrogen) atoms. The van der Waals surface area contributed by atoms with Gasteiger partial charge in [0.25, 0.3) is 11.8 Å². The Morgan fingerprint density at radius 1 is 1.00 bits per heavy atom. The molecule has 0 atom stereocenters. The van der Waals surface area contributed by atoms with E-state index in [0.29, 0.717) is 5.39 Å². The molecule has 142 valence electrons. The van der Waals surface area contributed by atoms with Crippen molar-refractivity contribution in [2.45, 2.75) is 0 Å². The standard InChI is InChI=1S/C19H13FN2O6/c20-13-7-3-1-5-11(13)18(25)22-21-17(24)10-27-19(26)16-9-14(23)12-6-2-4-8-15(12)28-16/h1-9H,10H2,(H,21,24)(H,22,25). The molecule has 2 amide bonds. The predicted octanol–water partition coefficient (Wildman–Crippen LogP) is 1.55. The van der Waals surface area contributed by atoms with E-state index in [1.807, 2.05) is 10.9 Å². The Kier molecular flexibility index (Phi) is 5.45. The van der Waals surface area contributed by atoms with Crippen LogP contribution in [-0.2, 0) is 9.53 Å². The maximum atomic E-state index is 13.5. The van der Waals surface area contributed by atoms with Crippen molar-refractivity contribution in [3.63, 3.8) is 0 Å². The first-order valence-corrected chi connectivity index (χ1v) is 7.99. The lowest BCUT2D eigenvalue weighted by Crippen LogP contribution is -2.43. The van der Waals surface area contributed by atoms with Crippen LogP contribution >= 0.6 is 0 Å². The van der Waals surface area contributed by atoms with E-state index in [-0.39, 0.29) is 16.9 Å². The molecule has 2 aromatic carbocycles. The molecule has 3 rings (SSSR count). The number of hydrazine groups is 1. The van der Waals surface area contributed by atoms with Gasteiger partial charge in [0.05, 0.1) is 10.9 Å². The molecule has 0 fully saturated rings. The Morgan fingerprint density at radius 2 is 1.71 bits per heavy atom. The summed E-state index contributed by atoms with van der Waals surface area (Å²) >= 11 is 0. The van der Waals surface area contributed by atoms with Crippen LogP contribution in [0.4, 0.5) is 4.39 Å². The number of benzene rings is 2. The maximum absolute atomic E-state index is 13.5. The zero-order valence-corrected chi connectivity index (χ0v) is 14.2. The molecular weight excluding hydrogens is 371 g/mol. The number of carbonyl (C=O) groups excluding carboxylic acids is 3. The van der Waals surface area contributed by atoms with Gasteiger partial charge in [-0.05, 0) is 24.3 Å². The van der Waals surface area contributed by atoms with Gasteiger partial charge in [0, 0.05) is 6.07 Å². The molecule has 0 aliphatic rings. The molecule has 0 aliphatic heterocycles. The van der Waals surface area contributed by atoms with Gasteiger partial charge in [0.1, 0.15) is 11.4 Å². The van der Waals surface area contributed by atoms with Gasteiger partial charge >= 0.3 is 5.97 Å². The molecule has 0 saturated heterocycles. The van der Waals surface area contributed by atoms with Crippen LogP contribution in [0.15, 0.2) is 63.8 Å². The zero-order chi connectivity index (χ0) is 20.1. The summed E-state index contributed by atoms with van der Waals surface area (Å²) in [6.07, 6.45) is 0. The molecule has 1 aromatic heterocycles. The number of ether oxygens (including phenoxy) is 1. The van der Waals surface area contributed by atoms with E-state index in [1.54, 1.807) is 18.2 Å². The lowest BCUT2D eigenvalue weighted by atomic mass is 10.2. The van der Waals surface area contributed by atoms with Gasteiger partial charge in [0.2, 0.25) is 5.76 Å². The number of para-hydroxylation sites is 1. The number of hydrogen-bond acceptors (Lipinski definition) is 6. The Balaban J connectivity index is 1.56. The summed E-state index contributed by atoms with van der Waals surface area (Å²) in [6.45, 7) is -0.757. The van der Waals surface area contributed by atoms with E-state index in [9.17, 15) is 23.6 Å². The van der Waals surface area contributed by atoms with Crippen LogP contribution in [-0.4, -0.2) is 24.4 Å². The number of hydrogen-bond donors (Lipinski definition) is 2. The molecule has 0 aliphatic carbocycles. The van der Waals surface area contributed by atoms with Crippen molar-refractivity contribution in [2.75, 3.05) is 6.61 Å². The summed E-state index contributed by atoms with van der Waals surface area (Å²) < 4.78 is 23.5. The molecule has 1 heterocycles. The fourth-order valence-electron chi connectivity index (χ4n) is 2.28. The number of carbonyl (C=O) groups is 3. The van der Waals surface area contributed by atoms with Gasteiger partial charge in [0.15, 0.2) is 12.0 Å². The Morgan fingerprint density at radius 3 is 2.50 bits per heavy atom. The molecular formula is C19H13FN2O6. The fraction of sp³-hybridized carbons (Fsp3) is 0.0526. The van der Waals surface area contributed by atoms with Crippen molar-refractivity contribution < 1.29 is 27.9 Å². The van der Waals surface area contributed by atoms with Crippen LogP contribution < -0.4 is 16.3 Å². The SMILES string of the molecule is O=C(COC(=O)c1cc(=O)c2ccccc2o1)NNC(=O)c1ccccc1F. The number of esters is 1. The topological polar surface area (TPSA) is 115 Å². The number of nitrogens with one attached hydrogen (secondary N) is 2. The van der Waals surface area contributed by atoms with E-state index in [1.165, 1.54) is 24.3 Å². The summed E-state index contributed by atoms with van der Waals surface area (Å²) in [5, 5.41) is 0.299. The van der Waals surface area contributed by atoms with Gasteiger partial charge in [-0.15, -0.1) is 0 Å². The summed E-state index contributed by atoms with van der Waals surface area (Å²) in [4.78, 5) is 47.4. The second-order valence-electron chi connectivity index (χ2n) is 5.53. The van der Waals surface area contributed by atoms with E-state index >= 15 is 0 Å². The lowest BCUT2D eigenvalue weighted by Gasteiger charge is -2.08. The molecule has 2 N–H and O–H groups in total. The van der Waals surface area contributed by atoms with Crippen molar-refractivity contribution in [1.29, 1.82) is 0 Å². The largest absolute Gasteiger partial charge is 0.450 e. The minimum absolute atomic E-state index is 0.198. The van der Waals surface area contributed by atoms with Gasteiger partial charge in [-0.3, -0.25) is 25.2 Å². The summed E-state index contributed by atoms with van der Waals surface area (Å²) in [5.74, 6) is -3.91. The predicted molar refractivity (Wildman–Crippen MR) is 94.8 cm³/mol. The minimum atomic E-state index is -1.03. The van der Waals surface area contributed by atoms with Crippen molar-refractivity contribution >= 4 is 28.8 Å². The second-order valence-corrected chi connectivity index (χ2v) is 5.53. The Bertz CT molecular complexity index is 1120. The fourth-order valence-corrected chi connectivity index (χ4v) is 2.28. The summed E-state index contributed by atoms with van der Waals surface area (Å²) in [6, 6.07) is 12.5. The van der Waals surface area contributed by atoms with Crippen molar-refractivity contribution in [1.82, 2.24) is 10.9 Å². The van der Waals surface area contributed by atoms with E-state index in [0.717, 1.165) is 12.1 Å². The van der Waals surface area contributed by atoms with Crippen molar-refractivity contribution in [2.24, 2.45) is 0 Å². The third-order valence-corrected chi connectivity index (χ3v) is 3.60. The van der Waals surface area contributed by atoms with Gasteiger partial charge in [-0.25, -0.2) is 9.18 Å². The highest BCUT2D eigenvalue weighted by molar-refractivity contribution is 5.96. The highest BCUT2D eigenvalue weighted by Crippen LogP contribution is 2.12. The average molecular weight is 384 g/mol. The van der Waals surface area contributed by atoms with Crippen LogP contribution in [0, 0.1) is 5.82 Å². The van der Waals surface area contributed by atoms with Crippen LogP contribution in [0.3, 0.4) is 0 Å². The molecule has 3 aromatic rings. The lowest BCUT2D eigenvalue weighted by molar-refractivity contribution is -0.125. The second kappa shape index (κ2) is 8.12. The number of halogens is 1. The molecule has 9 heteroatoms. The molecule has 0 radical (unpaired) electrons. The summed E-state index contributed by atoms with van der Waals surface area (Å²) in [7, 11) is 0. The van der Waals surface area contributed by atoms with E-state index in [2.05, 4.69) is 0 Å². The van der Waals surface area contributed by atoms with Crippen LogP contribution in [0.25, 0.3) is 11.0 Å². The molecule has 0 spiro atoms. The zero-order valence-electron chi connectivity index (χ0n) is 14.2. The first kappa shape index (κ1) is 18.8. The Hall–Kier alpha value is -4.01. The first-order valence-electron chi connectivity index (χ1n) is 7.99. The third kappa shape index (κ3) is 4.21. The van der Waals surface area contributed by atoms with E-state index in [4.69, 9.17) is 9.15 Å². The van der Waals surface area contributed by atoms with Crippen LogP contribution in [0.5, 0.6) is 0 Å². The maximum Gasteiger partial charge on any atom is 0.374 e. The van der Waals surface area contributed by atoms with Crippen molar-refractivity contribution in [3.8, 4) is 0 Å². The number of fused-ring (bicyclic) bond motifs is 1. The number of rotatable bonds is 4. The monoisotopic (exact) mass is 384 g/mol. The molecule has 8 nitrogen and oxygen atoms in total. The third-order valence-electron chi connectivity index (χ3n) is 3.60. The summed E-state index contributed by atoms with van der Waals surface area (Å²) in [5.41, 5.74) is 3.47. The van der Waals surface area contributed by atoms with Crippen LogP contribution in [0.2, 0.25) is 0 Å². The van der Waals surface area contributed by atoms with Gasteiger partial charge in [-0.1, -0.05) is 24.3 Å². The molecule has 0 saturated carbocycles. The quantitative estimate of drug-likeness (QED) is 0.521. The van der Waals surface area contributed by atoms with Crippen molar-refractivity contribution in [3.05, 3.63) is 82.0 Å². The smallest absolute Gasteiger partial charge is 0.374 e. The first-order chi connectivity index (χ1) is 13.5. The highest BCUT2D eigenvalue weighted by atomic mass is 19.1. The molecule has 0 bridgehead atoms. The minimum Gasteiger partial charge on any atom is -0.450 e. The van der Waals surface area contributed by atoms with Crippen LogP contribution in [0.1, 0.15) is 20.9 Å². The highest BCUT2D eigenvalue weighted by Gasteiger charge is 2.16. The van der Waals surface area contributed by atoms with Gasteiger partial charge in [-0.2, -0.15) is 0 Å². The Labute approximate surface area is 156 Å². The number of amides is 2. The van der Waals surface area contributed by atoms with Gasteiger partial charge < -0.3 is 9.15 Å². The normalized spacial score (nSPS) is 10.3. The van der Waals surface area contributed by atoms with E-state index < -0.39 is 35.6 Å². The molecule has 0 unspecified atom stereocenters.